The number of fused-ring (bicyclic) bond motifs is 3. The molecule has 1 heterocycles. The highest BCUT2D eigenvalue weighted by molar-refractivity contribution is 6.23. The first-order chi connectivity index (χ1) is 11.9. The van der Waals surface area contributed by atoms with Crippen molar-refractivity contribution in [1.29, 1.82) is 0 Å². The quantitative estimate of drug-likeness (QED) is 0.837. The fourth-order valence-electron chi connectivity index (χ4n) is 2.94. The Morgan fingerprint density at radius 2 is 1.64 bits per heavy atom. The summed E-state index contributed by atoms with van der Waals surface area (Å²) in [5.41, 5.74) is 1.90. The van der Waals surface area contributed by atoms with Crippen LogP contribution < -0.4 is 19.3 Å². The van der Waals surface area contributed by atoms with Crippen LogP contribution in [0.2, 0.25) is 0 Å². The second-order valence-electron chi connectivity index (χ2n) is 5.58. The zero-order valence-electron chi connectivity index (χ0n) is 14.3. The van der Waals surface area contributed by atoms with Gasteiger partial charge in [0.25, 0.3) is 0 Å². The van der Waals surface area contributed by atoms with Crippen LogP contribution in [0.4, 0.5) is 20.6 Å². The van der Waals surface area contributed by atoms with Crippen molar-refractivity contribution < 1.29 is 23.5 Å². The molecule has 0 aromatic heterocycles. The third-order valence-corrected chi connectivity index (χ3v) is 4.15. The van der Waals surface area contributed by atoms with Gasteiger partial charge in [-0.3, -0.25) is 9.69 Å². The summed E-state index contributed by atoms with van der Waals surface area (Å²) in [6, 6.07) is 6.78. The molecule has 1 aliphatic heterocycles. The molecule has 0 N–H and O–H groups in total. The number of hydrogen-bond donors (Lipinski definition) is 0. The van der Waals surface area contributed by atoms with E-state index in [1.165, 1.54) is 44.2 Å². The molecule has 0 atom stereocenters. The molecule has 0 radical (unpaired) electrons. The van der Waals surface area contributed by atoms with E-state index in [-0.39, 0.29) is 5.69 Å². The highest BCUT2D eigenvalue weighted by Crippen LogP contribution is 2.46. The van der Waals surface area contributed by atoms with Crippen LogP contribution in [0, 0.1) is 5.82 Å². The Labute approximate surface area is 144 Å². The molecule has 1 aliphatic rings. The number of methoxy groups -OCH3 is 2. The molecule has 0 saturated heterocycles. The van der Waals surface area contributed by atoms with Gasteiger partial charge in [0.2, 0.25) is 5.91 Å². The highest BCUT2D eigenvalue weighted by Gasteiger charge is 2.33. The van der Waals surface area contributed by atoms with Gasteiger partial charge in [-0.15, -0.1) is 0 Å². The number of carbonyl (C=O) groups excluding carboxylic acids is 2. The normalized spacial score (nSPS) is 13.1. The average molecular weight is 344 g/mol. The van der Waals surface area contributed by atoms with Gasteiger partial charge in [0.15, 0.2) is 11.5 Å². The summed E-state index contributed by atoms with van der Waals surface area (Å²) in [5, 5.41) is 0. The summed E-state index contributed by atoms with van der Waals surface area (Å²) in [5.74, 6) is -0.130. The average Bonchev–Trinajstić information content (AvgIpc) is 2.67. The molecule has 6 nitrogen and oxygen atoms in total. The molecule has 3 rings (SSSR count). The van der Waals surface area contributed by atoms with Gasteiger partial charge in [0.05, 0.1) is 25.6 Å². The number of anilines is 2. The van der Waals surface area contributed by atoms with Crippen LogP contribution in [-0.4, -0.2) is 33.2 Å². The van der Waals surface area contributed by atoms with E-state index >= 15 is 0 Å². The monoisotopic (exact) mass is 344 g/mol. The van der Waals surface area contributed by atoms with Crippen molar-refractivity contribution in [2.45, 2.75) is 6.92 Å². The minimum Gasteiger partial charge on any atom is -0.493 e. The number of nitrogens with zero attached hydrogens (tertiary/aromatic N) is 2. The number of imide groups is 1. The molecule has 0 spiro atoms. The summed E-state index contributed by atoms with van der Waals surface area (Å²) >= 11 is 0. The maximum atomic E-state index is 13.8. The largest absolute Gasteiger partial charge is 0.493 e. The van der Waals surface area contributed by atoms with Crippen LogP contribution in [0.5, 0.6) is 11.5 Å². The Morgan fingerprint density at radius 3 is 2.24 bits per heavy atom. The van der Waals surface area contributed by atoms with E-state index in [1.54, 1.807) is 19.2 Å². The van der Waals surface area contributed by atoms with Crippen molar-refractivity contribution in [3.8, 4) is 22.6 Å². The Balaban J connectivity index is 2.39. The molecule has 0 unspecified atom stereocenters. The van der Waals surface area contributed by atoms with Gasteiger partial charge in [-0.1, -0.05) is 0 Å². The lowest BCUT2D eigenvalue weighted by molar-refractivity contribution is -0.115. The standard InChI is InChI=1S/C18H17FN2O4/c1-10(22)21-15-7-11(19)5-6-12(15)13-8-16(24-3)17(25-4)9-14(13)20(2)18(21)23/h5-9H,1-4H3. The lowest BCUT2D eigenvalue weighted by atomic mass is 10.0. The first kappa shape index (κ1) is 16.8. The van der Waals surface area contributed by atoms with Crippen molar-refractivity contribution >= 4 is 23.3 Å². The van der Waals surface area contributed by atoms with Crippen LogP contribution in [0.15, 0.2) is 30.3 Å². The summed E-state index contributed by atoms with van der Waals surface area (Å²) < 4.78 is 24.5. The topological polar surface area (TPSA) is 59.1 Å². The summed E-state index contributed by atoms with van der Waals surface area (Å²) in [4.78, 5) is 27.2. The predicted octanol–water partition coefficient (Wildman–Crippen LogP) is 3.43. The molecular weight excluding hydrogens is 327 g/mol. The van der Waals surface area contributed by atoms with Crippen molar-refractivity contribution in [2.75, 3.05) is 31.1 Å². The molecule has 130 valence electrons. The summed E-state index contributed by atoms with van der Waals surface area (Å²) in [6.45, 7) is 1.26. The molecule has 0 aliphatic carbocycles. The second kappa shape index (κ2) is 6.08. The fraction of sp³-hybridized carbons (Fsp3) is 0.222. The number of hydrogen-bond acceptors (Lipinski definition) is 4. The van der Waals surface area contributed by atoms with Crippen LogP contribution >= 0.6 is 0 Å². The number of halogens is 1. The van der Waals surface area contributed by atoms with Crippen LogP contribution in [0.3, 0.4) is 0 Å². The Morgan fingerprint density at radius 1 is 1.00 bits per heavy atom. The number of benzene rings is 2. The summed E-state index contributed by atoms with van der Waals surface area (Å²) in [6.07, 6.45) is 0. The van der Waals surface area contributed by atoms with Crippen LogP contribution in [0.25, 0.3) is 11.1 Å². The summed E-state index contributed by atoms with van der Waals surface area (Å²) in [7, 11) is 4.54. The first-order valence-electron chi connectivity index (χ1n) is 7.53. The third kappa shape index (κ3) is 2.57. The van der Waals surface area contributed by atoms with Crippen molar-refractivity contribution in [3.63, 3.8) is 0 Å². The molecule has 3 amide bonds. The number of urea groups is 1. The zero-order chi connectivity index (χ0) is 18.3. The number of rotatable bonds is 2. The third-order valence-electron chi connectivity index (χ3n) is 4.15. The Bertz CT molecular complexity index is 882. The van der Waals surface area contributed by atoms with Gasteiger partial charge < -0.3 is 9.47 Å². The van der Waals surface area contributed by atoms with E-state index in [2.05, 4.69) is 0 Å². The first-order valence-corrected chi connectivity index (χ1v) is 7.53. The molecule has 7 heteroatoms. The van der Waals surface area contributed by atoms with Gasteiger partial charge in [-0.05, 0) is 24.3 Å². The molecular formula is C18H17FN2O4. The van der Waals surface area contributed by atoms with E-state index in [0.717, 1.165) is 4.90 Å². The maximum absolute atomic E-state index is 13.8. The van der Waals surface area contributed by atoms with E-state index in [9.17, 15) is 14.0 Å². The molecule has 2 aromatic rings. The second-order valence-corrected chi connectivity index (χ2v) is 5.58. The molecule has 0 bridgehead atoms. The van der Waals surface area contributed by atoms with Crippen molar-refractivity contribution in [1.82, 2.24) is 0 Å². The van der Waals surface area contributed by atoms with Gasteiger partial charge in [-0.25, -0.2) is 14.1 Å². The van der Waals surface area contributed by atoms with Crippen LogP contribution in [0.1, 0.15) is 6.92 Å². The van der Waals surface area contributed by atoms with Gasteiger partial charge in [-0.2, -0.15) is 0 Å². The smallest absolute Gasteiger partial charge is 0.335 e. The van der Waals surface area contributed by atoms with Crippen molar-refractivity contribution in [3.05, 3.63) is 36.1 Å². The molecule has 0 fully saturated rings. The van der Waals surface area contributed by atoms with E-state index < -0.39 is 17.8 Å². The molecule has 25 heavy (non-hydrogen) atoms. The van der Waals surface area contributed by atoms with Gasteiger partial charge >= 0.3 is 6.03 Å². The van der Waals surface area contributed by atoms with Gasteiger partial charge in [0.1, 0.15) is 5.82 Å². The minimum absolute atomic E-state index is 0.190. The zero-order valence-corrected chi connectivity index (χ0v) is 14.3. The Hall–Kier alpha value is -3.09. The SMILES string of the molecule is COc1cc2c(cc1OC)N(C)C(=O)N(C(C)=O)c1cc(F)ccc1-2. The Kier molecular flexibility index (Phi) is 4.08. The number of ether oxygens (including phenoxy) is 2. The minimum atomic E-state index is -0.578. The highest BCUT2D eigenvalue weighted by atomic mass is 19.1. The lowest BCUT2D eigenvalue weighted by Gasteiger charge is -2.24. The van der Waals surface area contributed by atoms with E-state index in [0.29, 0.717) is 28.3 Å². The van der Waals surface area contributed by atoms with Gasteiger partial charge in [0, 0.05) is 31.2 Å². The van der Waals surface area contributed by atoms with E-state index in [4.69, 9.17) is 9.47 Å². The maximum Gasteiger partial charge on any atom is 0.335 e. The van der Waals surface area contributed by atoms with Crippen LogP contribution in [-0.2, 0) is 4.79 Å². The number of carbonyl (C=O) groups is 2. The predicted molar refractivity (Wildman–Crippen MR) is 91.9 cm³/mol. The lowest BCUT2D eigenvalue weighted by Crippen LogP contribution is -2.43. The number of amides is 3. The molecule has 2 aromatic carbocycles. The van der Waals surface area contributed by atoms with Crippen molar-refractivity contribution in [2.24, 2.45) is 0 Å². The van der Waals surface area contributed by atoms with E-state index in [1.807, 2.05) is 0 Å². The molecule has 0 saturated carbocycles. The fourth-order valence-corrected chi connectivity index (χ4v) is 2.94.